The van der Waals surface area contributed by atoms with Gasteiger partial charge in [0.05, 0.1) is 16.3 Å². The zero-order valence-corrected chi connectivity index (χ0v) is 18.6. The molecule has 2 aliphatic rings. The van der Waals surface area contributed by atoms with E-state index in [9.17, 15) is 0 Å². The number of pyridine rings is 2. The molecule has 3 aromatic heterocycles. The first-order valence-corrected chi connectivity index (χ1v) is 11.1. The molecule has 144 valence electrons. The summed E-state index contributed by atoms with van der Waals surface area (Å²) in [4.78, 5) is 11.2. The molecule has 29 heavy (non-hydrogen) atoms. The van der Waals surface area contributed by atoms with E-state index in [0.717, 1.165) is 17.1 Å². The van der Waals surface area contributed by atoms with Gasteiger partial charge in [0, 0.05) is 32.5 Å². The van der Waals surface area contributed by atoms with Crippen LogP contribution in [0.1, 0.15) is 61.3 Å². The molecule has 0 unspecified atom stereocenters. The molecule has 0 N–H and O–H groups in total. The van der Waals surface area contributed by atoms with Crippen molar-refractivity contribution in [3.8, 4) is 21.8 Å². The van der Waals surface area contributed by atoms with Crippen molar-refractivity contribution in [1.29, 1.82) is 0 Å². The number of rotatable bonds is 0. The molecule has 0 atom stereocenters. The van der Waals surface area contributed by atoms with E-state index in [2.05, 4.69) is 77.9 Å². The fourth-order valence-corrected chi connectivity index (χ4v) is 7.21. The molecule has 0 fully saturated rings. The van der Waals surface area contributed by atoms with E-state index < -0.39 is 0 Å². The number of fused-ring (bicyclic) bond motifs is 9. The summed E-state index contributed by atoms with van der Waals surface area (Å²) in [6.07, 6.45) is 0. The van der Waals surface area contributed by atoms with Crippen molar-refractivity contribution in [2.75, 3.05) is 0 Å². The second-order valence-corrected chi connectivity index (χ2v) is 10.6. The van der Waals surface area contributed by atoms with Gasteiger partial charge < -0.3 is 0 Å². The Morgan fingerprint density at radius 1 is 0.690 bits per heavy atom. The molecular weight excluding hydrogens is 372 g/mol. The normalized spacial score (nSPS) is 17.2. The number of hydrogen-bond donors (Lipinski definition) is 0. The highest BCUT2D eigenvalue weighted by molar-refractivity contribution is 7.23. The lowest BCUT2D eigenvalue weighted by Gasteiger charge is -2.24. The van der Waals surface area contributed by atoms with E-state index in [-0.39, 0.29) is 10.8 Å². The van der Waals surface area contributed by atoms with Crippen molar-refractivity contribution in [3.05, 3.63) is 70.0 Å². The SMILES string of the molecule is Cc1ccc2c(n1)-c1ccc3c4c(sc3c1C2(C)C)-c1nc(C)ccc1C4(C)C. The van der Waals surface area contributed by atoms with Crippen LogP contribution in [0.15, 0.2) is 36.4 Å². The molecule has 2 nitrogen and oxygen atoms in total. The Balaban J connectivity index is 1.73. The smallest absolute Gasteiger partial charge is 0.0849 e. The maximum absolute atomic E-state index is 4.96. The Morgan fingerprint density at radius 3 is 1.97 bits per heavy atom. The van der Waals surface area contributed by atoms with Gasteiger partial charge in [0.25, 0.3) is 0 Å². The second-order valence-electron chi connectivity index (χ2n) is 9.62. The molecule has 0 bridgehead atoms. The summed E-state index contributed by atoms with van der Waals surface area (Å²) < 4.78 is 1.41. The molecule has 3 heteroatoms. The van der Waals surface area contributed by atoms with Crippen LogP contribution in [0.25, 0.3) is 31.9 Å². The monoisotopic (exact) mass is 396 g/mol. The van der Waals surface area contributed by atoms with Gasteiger partial charge in [0.15, 0.2) is 0 Å². The number of benzene rings is 1. The van der Waals surface area contributed by atoms with Crippen LogP contribution in [0.2, 0.25) is 0 Å². The van der Waals surface area contributed by atoms with Gasteiger partial charge >= 0.3 is 0 Å². The van der Waals surface area contributed by atoms with E-state index in [1.54, 1.807) is 0 Å². The Morgan fingerprint density at radius 2 is 1.28 bits per heavy atom. The molecule has 0 spiro atoms. The molecule has 2 aliphatic carbocycles. The van der Waals surface area contributed by atoms with E-state index in [4.69, 9.17) is 9.97 Å². The van der Waals surface area contributed by atoms with Crippen molar-refractivity contribution < 1.29 is 0 Å². The quantitative estimate of drug-likeness (QED) is 0.322. The summed E-state index contributed by atoms with van der Waals surface area (Å²) in [7, 11) is 0. The van der Waals surface area contributed by atoms with E-state index in [1.807, 2.05) is 11.3 Å². The van der Waals surface area contributed by atoms with Gasteiger partial charge in [-0.15, -0.1) is 11.3 Å². The van der Waals surface area contributed by atoms with Gasteiger partial charge in [0.2, 0.25) is 0 Å². The van der Waals surface area contributed by atoms with Crippen molar-refractivity contribution in [2.24, 2.45) is 0 Å². The topological polar surface area (TPSA) is 25.8 Å². The minimum absolute atomic E-state index is 0.0255. The fraction of sp³-hybridized carbons (Fsp3) is 0.308. The van der Waals surface area contributed by atoms with E-state index >= 15 is 0 Å². The molecule has 4 aromatic rings. The number of aryl methyl sites for hydroxylation is 2. The minimum atomic E-state index is -0.0452. The standard InChI is InChI=1S/C26H24N2S/c1-13-7-11-17-21(27-13)15-9-10-16-20-24(29-23(16)19(15)25(17,3)4)22-18(26(20,5)6)12-8-14(2)28-22/h7-12H,1-6H3. The Kier molecular flexibility index (Phi) is 3.08. The number of nitrogens with zero attached hydrogens (tertiary/aromatic N) is 2. The Labute approximate surface area is 175 Å². The molecule has 0 saturated heterocycles. The molecule has 0 saturated carbocycles. The van der Waals surface area contributed by atoms with Crippen molar-refractivity contribution in [2.45, 2.75) is 52.4 Å². The molecule has 0 aliphatic heterocycles. The maximum Gasteiger partial charge on any atom is 0.0849 e. The average Bonchev–Trinajstić information content (AvgIpc) is 3.22. The summed E-state index contributed by atoms with van der Waals surface area (Å²) in [5, 5.41) is 1.39. The number of thiophene rings is 1. The number of hydrogen-bond acceptors (Lipinski definition) is 3. The van der Waals surface area contributed by atoms with Crippen LogP contribution < -0.4 is 0 Å². The third-order valence-electron chi connectivity index (χ3n) is 6.99. The van der Waals surface area contributed by atoms with Crippen molar-refractivity contribution in [1.82, 2.24) is 9.97 Å². The highest BCUT2D eigenvalue weighted by Crippen LogP contribution is 2.59. The Bertz CT molecular complexity index is 1370. The van der Waals surface area contributed by atoms with Gasteiger partial charge in [-0.05, 0) is 53.6 Å². The fourth-order valence-electron chi connectivity index (χ4n) is 5.54. The van der Waals surface area contributed by atoms with Crippen LogP contribution in [-0.4, -0.2) is 9.97 Å². The second kappa shape index (κ2) is 5.14. The largest absolute Gasteiger partial charge is 0.253 e. The van der Waals surface area contributed by atoms with E-state index in [1.165, 1.54) is 48.5 Å². The third-order valence-corrected chi connectivity index (χ3v) is 8.22. The lowest BCUT2D eigenvalue weighted by Crippen LogP contribution is -2.16. The molecule has 1 aromatic carbocycles. The molecule has 3 heterocycles. The summed E-state index contributed by atoms with van der Waals surface area (Å²) in [5.41, 5.74) is 11.3. The van der Waals surface area contributed by atoms with Crippen LogP contribution in [0.5, 0.6) is 0 Å². The van der Waals surface area contributed by atoms with Crippen LogP contribution in [0.4, 0.5) is 0 Å². The van der Waals surface area contributed by atoms with Gasteiger partial charge in [-0.25, -0.2) is 0 Å². The van der Waals surface area contributed by atoms with Crippen LogP contribution in [0, 0.1) is 13.8 Å². The van der Waals surface area contributed by atoms with Gasteiger partial charge in [-0.2, -0.15) is 0 Å². The molecular formula is C26H24N2S. The lowest BCUT2D eigenvalue weighted by atomic mass is 9.79. The average molecular weight is 397 g/mol. The first-order valence-electron chi connectivity index (χ1n) is 10.3. The van der Waals surface area contributed by atoms with Gasteiger partial charge in [-0.3, -0.25) is 9.97 Å². The third kappa shape index (κ3) is 1.97. The summed E-state index contributed by atoms with van der Waals surface area (Å²) in [5.74, 6) is 0. The summed E-state index contributed by atoms with van der Waals surface area (Å²) in [6.45, 7) is 13.6. The number of aromatic nitrogens is 2. The van der Waals surface area contributed by atoms with Crippen molar-refractivity contribution in [3.63, 3.8) is 0 Å². The minimum Gasteiger partial charge on any atom is -0.253 e. The predicted octanol–water partition coefficient (Wildman–Crippen LogP) is 6.92. The molecule has 0 amide bonds. The predicted molar refractivity (Wildman–Crippen MR) is 122 cm³/mol. The first-order chi connectivity index (χ1) is 13.7. The van der Waals surface area contributed by atoms with Gasteiger partial charge in [-0.1, -0.05) is 52.0 Å². The van der Waals surface area contributed by atoms with Crippen molar-refractivity contribution >= 4 is 21.4 Å². The van der Waals surface area contributed by atoms with Crippen LogP contribution >= 0.6 is 11.3 Å². The highest BCUT2D eigenvalue weighted by atomic mass is 32.1. The van der Waals surface area contributed by atoms with E-state index in [0.29, 0.717) is 0 Å². The van der Waals surface area contributed by atoms with Gasteiger partial charge in [0.1, 0.15) is 0 Å². The maximum atomic E-state index is 4.96. The summed E-state index contributed by atoms with van der Waals surface area (Å²) in [6, 6.07) is 13.5. The zero-order chi connectivity index (χ0) is 20.3. The summed E-state index contributed by atoms with van der Waals surface area (Å²) >= 11 is 1.93. The first kappa shape index (κ1) is 17.3. The molecule has 0 radical (unpaired) electrons. The van der Waals surface area contributed by atoms with Crippen LogP contribution in [-0.2, 0) is 10.8 Å². The lowest BCUT2D eigenvalue weighted by molar-refractivity contribution is 0.661. The molecule has 6 rings (SSSR count). The van der Waals surface area contributed by atoms with Crippen LogP contribution in [0.3, 0.4) is 0 Å². The zero-order valence-electron chi connectivity index (χ0n) is 17.8. The highest BCUT2D eigenvalue weighted by Gasteiger charge is 2.43. The Hall–Kier alpha value is -2.52.